The first-order valence-electron chi connectivity index (χ1n) is 14.2. The second-order valence-corrected chi connectivity index (χ2v) is 11.2. The molecule has 0 spiro atoms. The van der Waals surface area contributed by atoms with E-state index in [1.54, 1.807) is 16.6 Å². The van der Waals surface area contributed by atoms with Gasteiger partial charge in [-0.1, -0.05) is 24.3 Å². The maximum absolute atomic E-state index is 15.4. The molecule has 2 fully saturated rings. The lowest BCUT2D eigenvalue weighted by molar-refractivity contribution is 0.0671. The number of carbonyl (C=O) groups excluding carboxylic acids is 2. The van der Waals surface area contributed by atoms with E-state index in [4.69, 9.17) is 20.6 Å². The largest absolute Gasteiger partial charge is 0.444 e. The summed E-state index contributed by atoms with van der Waals surface area (Å²) in [6, 6.07) is 16.9. The van der Waals surface area contributed by atoms with E-state index in [1.807, 2.05) is 34.1 Å². The van der Waals surface area contributed by atoms with Crippen LogP contribution in [-0.4, -0.2) is 57.2 Å². The molecule has 4 aromatic rings. The van der Waals surface area contributed by atoms with Crippen LogP contribution in [-0.2, 0) is 11.2 Å². The Labute approximate surface area is 236 Å². The van der Waals surface area contributed by atoms with Gasteiger partial charge in [0, 0.05) is 48.4 Å². The standard InChI is InChI=1S/C31H31FN6O3/c1-18-23-5-3-2-4-19(23)10-13-37(18)30(39)27-15-28(20-6-7-20)38-29(34-27)16-26(35-38)24-9-8-21(14-25(24)32)36-12-11-22(17-36)41-31(33)40/h2-5,8-9,14-16,18,20,22H,6-7,10-13,17H2,1H3,(H2,33,40)/t18-,22+/m1/s1. The topological polar surface area (TPSA) is 106 Å². The van der Waals surface area contributed by atoms with E-state index >= 15 is 4.39 Å². The molecule has 0 bridgehead atoms. The third-order valence-corrected chi connectivity index (χ3v) is 8.55. The highest BCUT2D eigenvalue weighted by Gasteiger charge is 2.33. The first kappa shape index (κ1) is 25.5. The summed E-state index contributed by atoms with van der Waals surface area (Å²) in [6.45, 7) is 3.80. The van der Waals surface area contributed by atoms with Crippen LogP contribution in [0.1, 0.15) is 65.5 Å². The third kappa shape index (κ3) is 4.67. The van der Waals surface area contributed by atoms with Crippen molar-refractivity contribution in [1.82, 2.24) is 19.5 Å². The summed E-state index contributed by atoms with van der Waals surface area (Å²) in [5, 5.41) is 4.74. The van der Waals surface area contributed by atoms with Crippen LogP contribution in [0.2, 0.25) is 0 Å². The summed E-state index contributed by atoms with van der Waals surface area (Å²) in [5.41, 5.74) is 11.0. The highest BCUT2D eigenvalue weighted by Crippen LogP contribution is 2.41. The second kappa shape index (κ2) is 9.87. The SMILES string of the molecule is C[C@@H]1c2ccccc2CCN1C(=O)c1cc(C2CC2)n2nc(-c3ccc(N4CC[C@H](OC(N)=O)C4)cc3F)cc2n1. The highest BCUT2D eigenvalue weighted by atomic mass is 19.1. The Morgan fingerprint density at radius 3 is 2.66 bits per heavy atom. The first-order chi connectivity index (χ1) is 19.9. The maximum Gasteiger partial charge on any atom is 0.404 e. The van der Waals surface area contributed by atoms with Gasteiger partial charge >= 0.3 is 6.09 Å². The van der Waals surface area contributed by atoms with Gasteiger partial charge in [0.25, 0.3) is 5.91 Å². The van der Waals surface area contributed by atoms with Crippen molar-refractivity contribution in [2.24, 2.45) is 5.73 Å². The molecule has 2 atom stereocenters. The molecule has 3 aliphatic rings. The third-order valence-electron chi connectivity index (χ3n) is 8.55. The van der Waals surface area contributed by atoms with Gasteiger partial charge in [-0.3, -0.25) is 4.79 Å². The molecular weight excluding hydrogens is 523 g/mol. The number of anilines is 1. The minimum absolute atomic E-state index is 0.0452. The van der Waals surface area contributed by atoms with Gasteiger partial charge in [-0.2, -0.15) is 5.10 Å². The Kier molecular flexibility index (Phi) is 6.13. The van der Waals surface area contributed by atoms with Crippen LogP contribution < -0.4 is 10.6 Å². The molecule has 0 unspecified atom stereocenters. The number of ether oxygens (including phenoxy) is 1. The van der Waals surface area contributed by atoms with Crippen molar-refractivity contribution >= 4 is 23.3 Å². The lowest BCUT2D eigenvalue weighted by Gasteiger charge is -2.35. The van der Waals surface area contributed by atoms with Crippen LogP contribution >= 0.6 is 0 Å². The maximum atomic E-state index is 15.4. The average Bonchev–Trinajstić information content (AvgIpc) is 3.55. The zero-order valence-corrected chi connectivity index (χ0v) is 22.8. The van der Waals surface area contributed by atoms with E-state index < -0.39 is 11.9 Å². The zero-order valence-electron chi connectivity index (χ0n) is 22.8. The van der Waals surface area contributed by atoms with E-state index in [2.05, 4.69) is 19.1 Å². The van der Waals surface area contributed by atoms with Crippen molar-refractivity contribution in [3.05, 3.63) is 82.9 Å². The van der Waals surface area contributed by atoms with Gasteiger partial charge in [-0.05, 0) is 61.6 Å². The molecular formula is C31H31FN6O3. The Morgan fingerprint density at radius 2 is 1.88 bits per heavy atom. The molecule has 2 N–H and O–H groups in total. The summed E-state index contributed by atoms with van der Waals surface area (Å²) in [4.78, 5) is 33.4. The minimum atomic E-state index is -0.801. The van der Waals surface area contributed by atoms with Crippen molar-refractivity contribution < 1.29 is 18.7 Å². The first-order valence-corrected chi connectivity index (χ1v) is 14.2. The molecule has 0 radical (unpaired) electrons. The number of nitrogens with two attached hydrogens (primary N) is 1. The van der Waals surface area contributed by atoms with E-state index in [1.165, 1.54) is 17.2 Å². The van der Waals surface area contributed by atoms with Gasteiger partial charge in [0.1, 0.15) is 17.6 Å². The fourth-order valence-corrected chi connectivity index (χ4v) is 6.24. The number of rotatable bonds is 5. The number of hydrogen-bond donors (Lipinski definition) is 1. The molecule has 2 aliphatic heterocycles. The second-order valence-electron chi connectivity index (χ2n) is 11.2. The number of aromatic nitrogens is 3. The number of carbonyl (C=O) groups is 2. The van der Waals surface area contributed by atoms with Crippen molar-refractivity contribution in [2.45, 2.75) is 50.7 Å². The van der Waals surface area contributed by atoms with Gasteiger partial charge in [0.05, 0.1) is 18.3 Å². The Hall–Kier alpha value is -4.47. The van der Waals surface area contributed by atoms with E-state index in [0.717, 1.165) is 25.0 Å². The zero-order chi connectivity index (χ0) is 28.2. The molecule has 4 heterocycles. The summed E-state index contributed by atoms with van der Waals surface area (Å²) in [6.07, 6.45) is 2.39. The van der Waals surface area contributed by atoms with E-state index in [-0.39, 0.29) is 18.1 Å². The van der Waals surface area contributed by atoms with Crippen molar-refractivity contribution in [1.29, 1.82) is 0 Å². The van der Waals surface area contributed by atoms with Crippen LogP contribution in [0.15, 0.2) is 54.6 Å². The molecule has 7 rings (SSSR count). The summed E-state index contributed by atoms with van der Waals surface area (Å²) < 4.78 is 22.3. The molecule has 2 amide bonds. The summed E-state index contributed by atoms with van der Waals surface area (Å²) in [7, 11) is 0. The number of primary amides is 1. The van der Waals surface area contributed by atoms with Gasteiger partial charge in [0.15, 0.2) is 5.65 Å². The fourth-order valence-electron chi connectivity index (χ4n) is 6.24. The van der Waals surface area contributed by atoms with Crippen LogP contribution in [0.25, 0.3) is 16.9 Å². The monoisotopic (exact) mass is 554 g/mol. The summed E-state index contributed by atoms with van der Waals surface area (Å²) >= 11 is 0. The molecule has 1 saturated carbocycles. The van der Waals surface area contributed by atoms with Gasteiger partial charge in [0.2, 0.25) is 0 Å². The molecule has 9 nitrogen and oxygen atoms in total. The van der Waals surface area contributed by atoms with Crippen LogP contribution in [0.3, 0.4) is 0 Å². The van der Waals surface area contributed by atoms with Crippen LogP contribution in [0.5, 0.6) is 0 Å². The van der Waals surface area contributed by atoms with Crippen molar-refractivity contribution in [2.75, 3.05) is 24.5 Å². The highest BCUT2D eigenvalue weighted by molar-refractivity contribution is 5.93. The lowest BCUT2D eigenvalue weighted by atomic mass is 9.93. The van der Waals surface area contributed by atoms with Crippen molar-refractivity contribution in [3.63, 3.8) is 0 Å². The fraction of sp³-hybridized carbons (Fsp3) is 0.355. The van der Waals surface area contributed by atoms with Gasteiger partial charge < -0.3 is 20.3 Å². The molecule has 10 heteroatoms. The molecule has 210 valence electrons. The smallest absolute Gasteiger partial charge is 0.404 e. The molecule has 41 heavy (non-hydrogen) atoms. The number of amides is 2. The normalized spacial score (nSPS) is 20.3. The number of halogens is 1. The number of nitrogens with zero attached hydrogens (tertiary/aromatic N) is 5. The lowest BCUT2D eigenvalue weighted by Crippen LogP contribution is -2.39. The van der Waals surface area contributed by atoms with Crippen LogP contribution in [0.4, 0.5) is 14.9 Å². The van der Waals surface area contributed by atoms with Gasteiger partial charge in [-0.25, -0.2) is 18.7 Å². The molecule has 2 aromatic heterocycles. The molecule has 1 aliphatic carbocycles. The predicted molar refractivity (Wildman–Crippen MR) is 151 cm³/mol. The van der Waals surface area contributed by atoms with E-state index in [0.29, 0.717) is 60.3 Å². The number of benzene rings is 2. The number of hydrogen-bond acceptors (Lipinski definition) is 6. The van der Waals surface area contributed by atoms with Crippen molar-refractivity contribution in [3.8, 4) is 11.3 Å². The number of fused-ring (bicyclic) bond motifs is 2. The minimum Gasteiger partial charge on any atom is -0.444 e. The average molecular weight is 555 g/mol. The van der Waals surface area contributed by atoms with Gasteiger partial charge in [-0.15, -0.1) is 0 Å². The molecule has 1 saturated heterocycles. The quantitative estimate of drug-likeness (QED) is 0.378. The van der Waals surface area contributed by atoms with Crippen LogP contribution in [0, 0.1) is 5.82 Å². The molecule has 2 aromatic carbocycles. The predicted octanol–water partition coefficient (Wildman–Crippen LogP) is 4.85. The Bertz CT molecular complexity index is 1680. The summed E-state index contributed by atoms with van der Waals surface area (Å²) in [5.74, 6) is -0.202. The Balaban J connectivity index is 1.18. The Morgan fingerprint density at radius 1 is 1.05 bits per heavy atom. The van der Waals surface area contributed by atoms with E-state index in [9.17, 15) is 9.59 Å².